The Hall–Kier alpha value is -3.36. The van der Waals surface area contributed by atoms with Crippen LogP contribution in [-0.4, -0.2) is 39.9 Å². The zero-order valence-corrected chi connectivity index (χ0v) is 14.1. The molecule has 1 amide bonds. The minimum atomic E-state index is -0.372. The van der Waals surface area contributed by atoms with E-state index in [2.05, 4.69) is 30.4 Å². The van der Waals surface area contributed by atoms with Gasteiger partial charge in [0, 0.05) is 29.5 Å². The highest BCUT2D eigenvalue weighted by molar-refractivity contribution is 5.90. The first-order chi connectivity index (χ1) is 12.0. The Morgan fingerprint density at radius 3 is 2.72 bits per heavy atom. The number of nitrogens with zero attached hydrogens (tertiary/aromatic N) is 7. The fraction of sp³-hybridized carbons (Fsp3) is 0.250. The Morgan fingerprint density at radius 1 is 1.08 bits per heavy atom. The predicted octanol–water partition coefficient (Wildman–Crippen LogP) is 1.02. The van der Waals surface area contributed by atoms with Crippen LogP contribution in [0.1, 0.15) is 33.4 Å². The summed E-state index contributed by atoms with van der Waals surface area (Å²) >= 11 is 0. The van der Waals surface area contributed by atoms with E-state index in [1.165, 1.54) is 0 Å². The molecule has 0 bridgehead atoms. The first-order valence-corrected chi connectivity index (χ1v) is 7.80. The van der Waals surface area contributed by atoms with Gasteiger partial charge in [-0.3, -0.25) is 9.20 Å². The molecule has 0 atom stereocenters. The van der Waals surface area contributed by atoms with E-state index >= 15 is 0 Å². The summed E-state index contributed by atoms with van der Waals surface area (Å²) in [5, 5.41) is 6.99. The van der Waals surface area contributed by atoms with Gasteiger partial charge in [-0.25, -0.2) is 19.5 Å². The molecule has 4 rings (SSSR count). The molecule has 0 aliphatic rings. The molecule has 9 heteroatoms. The molecule has 0 aromatic carbocycles. The van der Waals surface area contributed by atoms with Gasteiger partial charge < -0.3 is 5.32 Å². The van der Waals surface area contributed by atoms with E-state index in [1.54, 1.807) is 4.52 Å². The van der Waals surface area contributed by atoms with E-state index in [0.717, 1.165) is 17.1 Å². The fourth-order valence-corrected chi connectivity index (χ4v) is 2.61. The van der Waals surface area contributed by atoms with Crippen LogP contribution in [0.4, 0.5) is 0 Å². The molecule has 9 nitrogen and oxygen atoms in total. The van der Waals surface area contributed by atoms with E-state index in [0.29, 0.717) is 17.2 Å². The molecule has 0 spiro atoms. The number of aromatic nitrogens is 7. The molecule has 0 unspecified atom stereocenters. The lowest BCUT2D eigenvalue weighted by Gasteiger charge is -1.98. The molecule has 0 aliphatic heterocycles. The smallest absolute Gasteiger partial charge is 0.291 e. The zero-order valence-electron chi connectivity index (χ0n) is 14.1. The van der Waals surface area contributed by atoms with Crippen molar-refractivity contribution in [2.75, 3.05) is 0 Å². The molecule has 126 valence electrons. The number of rotatable bonds is 3. The summed E-state index contributed by atoms with van der Waals surface area (Å²) in [7, 11) is 0. The van der Waals surface area contributed by atoms with Gasteiger partial charge in [-0.15, -0.1) is 5.10 Å². The normalized spacial score (nSPS) is 11.3. The summed E-state index contributed by atoms with van der Waals surface area (Å²) in [5.74, 6) is 0.725. The molecule has 1 N–H and O–H groups in total. The Bertz CT molecular complexity index is 1110. The van der Waals surface area contributed by atoms with Gasteiger partial charge in [-0.2, -0.15) is 4.98 Å². The van der Waals surface area contributed by atoms with Crippen molar-refractivity contribution in [1.82, 2.24) is 39.3 Å². The van der Waals surface area contributed by atoms with E-state index in [4.69, 9.17) is 0 Å². The molecule has 4 heterocycles. The molecule has 4 aromatic heterocycles. The van der Waals surface area contributed by atoms with E-state index in [-0.39, 0.29) is 18.3 Å². The topological polar surface area (TPSA) is 102 Å². The number of carbonyl (C=O) groups is 1. The molecular weight excluding hydrogens is 320 g/mol. The summed E-state index contributed by atoms with van der Waals surface area (Å²) in [6, 6.07) is 3.78. The summed E-state index contributed by atoms with van der Waals surface area (Å²) < 4.78 is 3.37. The first-order valence-electron chi connectivity index (χ1n) is 7.80. The number of carbonyl (C=O) groups excluding carboxylic acids is 1. The van der Waals surface area contributed by atoms with E-state index < -0.39 is 0 Å². The van der Waals surface area contributed by atoms with Crippen molar-refractivity contribution < 1.29 is 4.79 Å². The average molecular weight is 336 g/mol. The number of amides is 1. The van der Waals surface area contributed by atoms with Gasteiger partial charge in [0.25, 0.3) is 11.7 Å². The first kappa shape index (κ1) is 15.2. The molecule has 0 saturated carbocycles. The Morgan fingerprint density at radius 2 is 1.88 bits per heavy atom. The quantitative estimate of drug-likeness (QED) is 0.599. The molecule has 0 aliphatic carbocycles. The lowest BCUT2D eigenvalue weighted by atomic mass is 10.4. The number of nitrogens with one attached hydrogen (secondary N) is 1. The van der Waals surface area contributed by atoms with Crippen LogP contribution >= 0.6 is 0 Å². The maximum Gasteiger partial charge on any atom is 0.291 e. The summed E-state index contributed by atoms with van der Waals surface area (Å²) in [6.45, 7) is 5.94. The number of fused-ring (bicyclic) bond motifs is 2. The van der Waals surface area contributed by atoms with Crippen molar-refractivity contribution in [1.29, 1.82) is 0 Å². The fourth-order valence-electron chi connectivity index (χ4n) is 2.61. The Kier molecular flexibility index (Phi) is 3.41. The second-order valence-corrected chi connectivity index (χ2v) is 5.88. The second-order valence-electron chi connectivity index (χ2n) is 5.88. The van der Waals surface area contributed by atoms with Gasteiger partial charge in [0.05, 0.1) is 12.2 Å². The Balaban J connectivity index is 1.54. The number of hydrogen-bond acceptors (Lipinski definition) is 6. The van der Waals surface area contributed by atoms with Gasteiger partial charge in [0.15, 0.2) is 0 Å². The SMILES string of the molecule is Cc1ccn2cc(CNC(=O)c3nc4nc(C)cc(C)n4n3)nc2n1. The molecule has 0 saturated heterocycles. The van der Waals surface area contributed by atoms with Crippen molar-refractivity contribution >= 4 is 17.5 Å². The van der Waals surface area contributed by atoms with Crippen molar-refractivity contribution in [3.05, 3.63) is 53.1 Å². The Labute approximate surface area is 142 Å². The van der Waals surface area contributed by atoms with Crippen LogP contribution in [0.15, 0.2) is 24.5 Å². The lowest BCUT2D eigenvalue weighted by Crippen LogP contribution is -2.24. The second kappa shape index (κ2) is 5.62. The van der Waals surface area contributed by atoms with Crippen LogP contribution in [0.25, 0.3) is 11.6 Å². The van der Waals surface area contributed by atoms with Crippen LogP contribution in [0.2, 0.25) is 0 Å². The standard InChI is InChI=1S/C16H16N8O/c1-9-4-5-23-8-12(20-15(23)18-9)7-17-14(25)13-21-16-19-10(2)6-11(3)24(16)22-13/h4-6,8H,7H2,1-3H3,(H,17,25). The van der Waals surface area contributed by atoms with Gasteiger partial charge in [-0.05, 0) is 32.9 Å². The third-order valence-electron chi connectivity index (χ3n) is 3.77. The maximum atomic E-state index is 12.3. The predicted molar refractivity (Wildman–Crippen MR) is 89.2 cm³/mol. The van der Waals surface area contributed by atoms with E-state index in [1.807, 2.05) is 49.7 Å². The molecule has 25 heavy (non-hydrogen) atoms. The van der Waals surface area contributed by atoms with Gasteiger partial charge in [-0.1, -0.05) is 0 Å². The van der Waals surface area contributed by atoms with Crippen molar-refractivity contribution in [3.63, 3.8) is 0 Å². The van der Waals surface area contributed by atoms with Crippen molar-refractivity contribution in [2.24, 2.45) is 0 Å². The average Bonchev–Trinajstić information content (AvgIpc) is 3.15. The van der Waals surface area contributed by atoms with Gasteiger partial charge >= 0.3 is 0 Å². The van der Waals surface area contributed by atoms with Crippen LogP contribution in [0, 0.1) is 20.8 Å². The van der Waals surface area contributed by atoms with Gasteiger partial charge in [0.2, 0.25) is 11.6 Å². The summed E-state index contributed by atoms with van der Waals surface area (Å²) in [5.41, 5.74) is 3.30. The summed E-state index contributed by atoms with van der Waals surface area (Å²) in [6.07, 6.45) is 3.71. The van der Waals surface area contributed by atoms with Crippen LogP contribution in [0.5, 0.6) is 0 Å². The van der Waals surface area contributed by atoms with Gasteiger partial charge in [0.1, 0.15) is 0 Å². The minimum absolute atomic E-state index is 0.0823. The third kappa shape index (κ3) is 2.80. The number of hydrogen-bond donors (Lipinski definition) is 1. The van der Waals surface area contributed by atoms with Crippen LogP contribution < -0.4 is 5.32 Å². The van der Waals surface area contributed by atoms with Crippen molar-refractivity contribution in [3.8, 4) is 0 Å². The zero-order chi connectivity index (χ0) is 17.6. The van der Waals surface area contributed by atoms with Crippen LogP contribution in [0.3, 0.4) is 0 Å². The maximum absolute atomic E-state index is 12.3. The minimum Gasteiger partial charge on any atom is -0.344 e. The molecule has 0 fully saturated rings. The highest BCUT2D eigenvalue weighted by Crippen LogP contribution is 2.06. The highest BCUT2D eigenvalue weighted by atomic mass is 16.2. The summed E-state index contributed by atoms with van der Waals surface area (Å²) in [4.78, 5) is 29.5. The van der Waals surface area contributed by atoms with Crippen molar-refractivity contribution in [2.45, 2.75) is 27.3 Å². The molecule has 4 aromatic rings. The third-order valence-corrected chi connectivity index (χ3v) is 3.77. The molecular formula is C16H16N8O. The number of imidazole rings is 1. The number of aryl methyl sites for hydroxylation is 3. The monoisotopic (exact) mass is 336 g/mol. The molecule has 0 radical (unpaired) electrons. The highest BCUT2D eigenvalue weighted by Gasteiger charge is 2.15. The van der Waals surface area contributed by atoms with Crippen LogP contribution in [-0.2, 0) is 6.54 Å². The lowest BCUT2D eigenvalue weighted by molar-refractivity contribution is 0.0940. The van der Waals surface area contributed by atoms with E-state index in [9.17, 15) is 4.79 Å². The largest absolute Gasteiger partial charge is 0.344 e.